The number of hydrazine groups is 1. The molecule has 0 aliphatic heterocycles. The zero-order valence-corrected chi connectivity index (χ0v) is 8.82. The molecule has 0 atom stereocenters. The fourth-order valence-corrected chi connectivity index (χ4v) is 1.23. The first kappa shape index (κ1) is 11.0. The Kier molecular flexibility index (Phi) is 3.22. The highest BCUT2D eigenvalue weighted by atomic mass is 16.2. The normalized spacial score (nSPS) is 10.6. The molecule has 3 N–H and O–H groups in total. The van der Waals surface area contributed by atoms with Crippen molar-refractivity contribution in [2.45, 2.75) is 0 Å². The molecule has 0 unspecified atom stereocenters. The molecule has 17 heavy (non-hydrogen) atoms. The lowest BCUT2D eigenvalue weighted by Crippen LogP contribution is -2.26. The molecule has 2 aromatic rings. The third-order valence-corrected chi connectivity index (χ3v) is 2.00. The molecule has 0 fully saturated rings. The molecule has 0 radical (unpaired) electrons. The summed E-state index contributed by atoms with van der Waals surface area (Å²) in [7, 11) is 0. The van der Waals surface area contributed by atoms with Crippen LogP contribution >= 0.6 is 0 Å². The number of nitrogens with zero attached hydrogens (tertiary/aromatic N) is 4. The molecule has 0 aliphatic rings. The van der Waals surface area contributed by atoms with Gasteiger partial charge in [0.25, 0.3) is 0 Å². The molecular weight excluding hydrogens is 220 g/mol. The summed E-state index contributed by atoms with van der Waals surface area (Å²) < 4.78 is 1.72. The van der Waals surface area contributed by atoms with Gasteiger partial charge in [-0.05, 0) is 30.3 Å². The maximum absolute atomic E-state index is 10.7. The van der Waals surface area contributed by atoms with Gasteiger partial charge in [0.05, 0.1) is 11.4 Å². The molecule has 0 bridgehead atoms. The lowest BCUT2D eigenvalue weighted by atomic mass is 10.3. The standard InChI is InChI=1S/C10H10N6O/c11-13-10(17)15-14-8-2-4-9(5-3-8)16-7-1-6-12-16/h1-7H,11H2,(H,13,17). The third-order valence-electron chi connectivity index (χ3n) is 2.00. The number of aromatic nitrogens is 2. The SMILES string of the molecule is NNC(=O)N=Nc1ccc(-n2cccn2)cc1. The minimum Gasteiger partial charge on any atom is -0.273 e. The lowest BCUT2D eigenvalue weighted by Gasteiger charge is -2.00. The van der Waals surface area contributed by atoms with Crippen molar-refractivity contribution in [3.63, 3.8) is 0 Å². The first-order chi connectivity index (χ1) is 8.29. The number of rotatable bonds is 2. The van der Waals surface area contributed by atoms with E-state index in [4.69, 9.17) is 5.84 Å². The predicted molar refractivity (Wildman–Crippen MR) is 60.8 cm³/mol. The third kappa shape index (κ3) is 2.73. The van der Waals surface area contributed by atoms with E-state index in [1.807, 2.05) is 29.8 Å². The van der Waals surface area contributed by atoms with E-state index in [2.05, 4.69) is 15.3 Å². The summed E-state index contributed by atoms with van der Waals surface area (Å²) >= 11 is 0. The van der Waals surface area contributed by atoms with Crippen LogP contribution in [0.4, 0.5) is 10.5 Å². The lowest BCUT2D eigenvalue weighted by molar-refractivity contribution is 0.248. The van der Waals surface area contributed by atoms with E-state index in [1.165, 1.54) is 0 Å². The zero-order chi connectivity index (χ0) is 12.1. The molecule has 1 heterocycles. The first-order valence-corrected chi connectivity index (χ1v) is 4.82. The number of urea groups is 1. The Morgan fingerprint density at radius 2 is 2.12 bits per heavy atom. The van der Waals surface area contributed by atoms with Crippen molar-refractivity contribution in [1.29, 1.82) is 0 Å². The number of carbonyl (C=O) groups excluding carboxylic acids is 1. The summed E-state index contributed by atoms with van der Waals surface area (Å²) in [5, 5.41) is 11.1. The van der Waals surface area contributed by atoms with E-state index in [0.717, 1.165) is 5.69 Å². The predicted octanol–water partition coefficient (Wildman–Crippen LogP) is 1.54. The van der Waals surface area contributed by atoms with Gasteiger partial charge in [-0.15, -0.1) is 5.11 Å². The molecular formula is C10H10N6O. The van der Waals surface area contributed by atoms with Gasteiger partial charge in [-0.1, -0.05) is 5.11 Å². The fourth-order valence-electron chi connectivity index (χ4n) is 1.23. The van der Waals surface area contributed by atoms with Crippen LogP contribution in [0.5, 0.6) is 0 Å². The summed E-state index contributed by atoms with van der Waals surface area (Å²) in [5.74, 6) is 4.86. The van der Waals surface area contributed by atoms with E-state index < -0.39 is 6.03 Å². The Morgan fingerprint density at radius 3 is 2.71 bits per heavy atom. The molecule has 1 aromatic carbocycles. The Hall–Kier alpha value is -2.54. The van der Waals surface area contributed by atoms with Crippen molar-refractivity contribution in [3.05, 3.63) is 42.7 Å². The van der Waals surface area contributed by atoms with Crippen molar-refractivity contribution in [3.8, 4) is 5.69 Å². The van der Waals surface area contributed by atoms with E-state index in [9.17, 15) is 4.79 Å². The number of hydrogen-bond donors (Lipinski definition) is 2. The summed E-state index contributed by atoms with van der Waals surface area (Å²) in [6.07, 6.45) is 3.53. The molecule has 2 rings (SSSR count). The Bertz CT molecular complexity index is 516. The summed E-state index contributed by atoms with van der Waals surface area (Å²) in [6, 6.07) is 8.23. The number of azo groups is 1. The average Bonchev–Trinajstić information content (AvgIpc) is 2.90. The first-order valence-electron chi connectivity index (χ1n) is 4.82. The van der Waals surface area contributed by atoms with Crippen LogP contribution in [-0.4, -0.2) is 15.8 Å². The van der Waals surface area contributed by atoms with Gasteiger partial charge in [0.2, 0.25) is 0 Å². The van der Waals surface area contributed by atoms with Gasteiger partial charge in [-0.3, -0.25) is 5.43 Å². The minimum atomic E-state index is -0.693. The van der Waals surface area contributed by atoms with Crippen molar-refractivity contribution in [1.82, 2.24) is 15.2 Å². The van der Waals surface area contributed by atoms with Crippen molar-refractivity contribution in [2.24, 2.45) is 16.1 Å². The van der Waals surface area contributed by atoms with Crippen LogP contribution in [0, 0.1) is 0 Å². The van der Waals surface area contributed by atoms with Gasteiger partial charge < -0.3 is 0 Å². The maximum atomic E-state index is 10.7. The molecule has 1 aromatic heterocycles. The van der Waals surface area contributed by atoms with Crippen LogP contribution in [0.2, 0.25) is 0 Å². The number of nitrogens with one attached hydrogen (secondary N) is 1. The quantitative estimate of drug-likeness (QED) is 0.354. The monoisotopic (exact) mass is 230 g/mol. The van der Waals surface area contributed by atoms with Gasteiger partial charge in [0, 0.05) is 12.4 Å². The van der Waals surface area contributed by atoms with Gasteiger partial charge in [0.15, 0.2) is 0 Å². The van der Waals surface area contributed by atoms with Gasteiger partial charge >= 0.3 is 6.03 Å². The second-order valence-electron chi connectivity index (χ2n) is 3.12. The molecule has 0 saturated heterocycles. The minimum absolute atomic E-state index is 0.560. The smallest absolute Gasteiger partial charge is 0.273 e. The van der Waals surface area contributed by atoms with Crippen LogP contribution in [0.25, 0.3) is 5.69 Å². The van der Waals surface area contributed by atoms with E-state index in [-0.39, 0.29) is 0 Å². The summed E-state index contributed by atoms with van der Waals surface area (Å²) in [6.45, 7) is 0. The van der Waals surface area contributed by atoms with E-state index >= 15 is 0 Å². The number of benzene rings is 1. The topological polar surface area (TPSA) is 97.7 Å². The molecule has 2 amide bonds. The molecule has 0 spiro atoms. The van der Waals surface area contributed by atoms with Gasteiger partial charge in [-0.2, -0.15) is 5.10 Å². The highest BCUT2D eigenvalue weighted by molar-refractivity contribution is 5.73. The second-order valence-corrected chi connectivity index (χ2v) is 3.12. The number of nitrogens with two attached hydrogens (primary N) is 1. The van der Waals surface area contributed by atoms with Gasteiger partial charge in [-0.25, -0.2) is 15.3 Å². The summed E-state index contributed by atoms with van der Waals surface area (Å²) in [5.41, 5.74) is 3.32. The Labute approximate surface area is 96.9 Å². The Balaban J connectivity index is 2.14. The molecule has 0 aliphatic carbocycles. The maximum Gasteiger partial charge on any atom is 0.373 e. The van der Waals surface area contributed by atoms with Crippen molar-refractivity contribution >= 4 is 11.7 Å². The highest BCUT2D eigenvalue weighted by Crippen LogP contribution is 2.15. The largest absolute Gasteiger partial charge is 0.373 e. The molecule has 86 valence electrons. The van der Waals surface area contributed by atoms with Crippen molar-refractivity contribution in [2.75, 3.05) is 0 Å². The highest BCUT2D eigenvalue weighted by Gasteiger charge is 1.97. The van der Waals surface area contributed by atoms with Gasteiger partial charge in [0.1, 0.15) is 0 Å². The number of carbonyl (C=O) groups is 1. The molecule has 7 heteroatoms. The summed E-state index contributed by atoms with van der Waals surface area (Å²) in [4.78, 5) is 10.7. The Morgan fingerprint density at radius 1 is 1.35 bits per heavy atom. The fraction of sp³-hybridized carbons (Fsp3) is 0. The molecule has 7 nitrogen and oxygen atoms in total. The molecule has 0 saturated carbocycles. The average molecular weight is 230 g/mol. The number of amides is 2. The van der Waals surface area contributed by atoms with Crippen LogP contribution in [-0.2, 0) is 0 Å². The van der Waals surface area contributed by atoms with E-state index in [1.54, 1.807) is 23.0 Å². The van der Waals surface area contributed by atoms with Crippen LogP contribution < -0.4 is 11.3 Å². The zero-order valence-electron chi connectivity index (χ0n) is 8.82. The van der Waals surface area contributed by atoms with Crippen LogP contribution in [0.1, 0.15) is 0 Å². The second kappa shape index (κ2) is 4.99. The number of hydrogen-bond acceptors (Lipinski definition) is 4. The van der Waals surface area contributed by atoms with Crippen LogP contribution in [0.3, 0.4) is 0 Å². The van der Waals surface area contributed by atoms with Crippen LogP contribution in [0.15, 0.2) is 53.0 Å². The van der Waals surface area contributed by atoms with Crippen molar-refractivity contribution < 1.29 is 4.79 Å². The van der Waals surface area contributed by atoms with E-state index in [0.29, 0.717) is 5.69 Å².